The summed E-state index contributed by atoms with van der Waals surface area (Å²) in [5, 5.41) is 3.05. The molecule has 0 aliphatic heterocycles. The largest absolute Gasteiger partial charge is 0.465 e. The van der Waals surface area contributed by atoms with Crippen molar-refractivity contribution < 1.29 is 19.1 Å². The van der Waals surface area contributed by atoms with Crippen LogP contribution in [0.2, 0.25) is 5.02 Å². The molecule has 1 saturated carbocycles. The molecule has 142 valence electrons. The fraction of sp³-hybridized carbons (Fsp3) is 0.526. The fourth-order valence-electron chi connectivity index (χ4n) is 3.29. The van der Waals surface area contributed by atoms with Gasteiger partial charge in [0.2, 0.25) is 11.8 Å². The van der Waals surface area contributed by atoms with Crippen molar-refractivity contribution in [3.05, 3.63) is 28.8 Å². The molecule has 1 N–H and O–H groups in total. The minimum Gasteiger partial charge on any atom is -0.465 e. The number of hydrogen-bond acceptors (Lipinski definition) is 4. The molecule has 0 spiro atoms. The van der Waals surface area contributed by atoms with Gasteiger partial charge in [0.15, 0.2) is 0 Å². The highest BCUT2D eigenvalue weighted by Crippen LogP contribution is 2.25. The second kappa shape index (κ2) is 9.57. The van der Waals surface area contributed by atoms with Gasteiger partial charge in [0.1, 0.15) is 0 Å². The molecule has 2 rings (SSSR count). The van der Waals surface area contributed by atoms with Crippen LogP contribution in [0.15, 0.2) is 18.2 Å². The molecular formula is C19H25ClN2O4. The number of ether oxygens (including phenoxy) is 1. The highest BCUT2D eigenvalue weighted by Gasteiger charge is 2.23. The first-order valence-corrected chi connectivity index (χ1v) is 9.25. The number of esters is 1. The average molecular weight is 381 g/mol. The number of nitrogens with one attached hydrogen (secondary N) is 1. The SMILES string of the molecule is COC(=O)c1ccc(Cl)c(NC(=O)CCN(C(C)=O)C2CCCCC2)c1. The van der Waals surface area contributed by atoms with Gasteiger partial charge in [-0.2, -0.15) is 0 Å². The van der Waals surface area contributed by atoms with Gasteiger partial charge in [0.25, 0.3) is 0 Å². The minimum atomic E-state index is -0.503. The van der Waals surface area contributed by atoms with E-state index < -0.39 is 5.97 Å². The number of amides is 2. The Morgan fingerprint density at radius 1 is 1.23 bits per heavy atom. The van der Waals surface area contributed by atoms with Gasteiger partial charge in [-0.25, -0.2) is 4.79 Å². The van der Waals surface area contributed by atoms with Gasteiger partial charge in [-0.3, -0.25) is 9.59 Å². The number of rotatable bonds is 6. The summed E-state index contributed by atoms with van der Waals surface area (Å²) in [6.45, 7) is 1.92. The van der Waals surface area contributed by atoms with Gasteiger partial charge >= 0.3 is 5.97 Å². The van der Waals surface area contributed by atoms with Crippen molar-refractivity contribution in [2.24, 2.45) is 0 Å². The zero-order valence-electron chi connectivity index (χ0n) is 15.2. The Labute approximate surface area is 158 Å². The van der Waals surface area contributed by atoms with Crippen LogP contribution in [0.4, 0.5) is 5.69 Å². The van der Waals surface area contributed by atoms with E-state index in [0.717, 1.165) is 25.7 Å². The molecular weight excluding hydrogens is 356 g/mol. The summed E-state index contributed by atoms with van der Waals surface area (Å²) >= 11 is 6.09. The van der Waals surface area contributed by atoms with Gasteiger partial charge < -0.3 is 15.0 Å². The van der Waals surface area contributed by atoms with Crippen molar-refractivity contribution in [3.63, 3.8) is 0 Å². The van der Waals surface area contributed by atoms with E-state index in [1.54, 1.807) is 11.8 Å². The molecule has 1 fully saturated rings. The van der Waals surface area contributed by atoms with Gasteiger partial charge in [0, 0.05) is 25.9 Å². The lowest BCUT2D eigenvalue weighted by Crippen LogP contribution is -2.41. The second-order valence-electron chi connectivity index (χ2n) is 6.49. The summed E-state index contributed by atoms with van der Waals surface area (Å²) in [7, 11) is 1.29. The van der Waals surface area contributed by atoms with Gasteiger partial charge in [0.05, 0.1) is 23.4 Å². The van der Waals surface area contributed by atoms with E-state index in [2.05, 4.69) is 10.1 Å². The molecule has 0 bridgehead atoms. The Balaban J connectivity index is 1.97. The van der Waals surface area contributed by atoms with Crippen LogP contribution in [0.3, 0.4) is 0 Å². The Kier molecular flexibility index (Phi) is 7.45. The molecule has 1 aromatic rings. The van der Waals surface area contributed by atoms with Crippen molar-refractivity contribution in [2.75, 3.05) is 19.0 Å². The third-order valence-corrected chi connectivity index (χ3v) is 4.99. The second-order valence-corrected chi connectivity index (χ2v) is 6.90. The molecule has 7 heteroatoms. The summed E-state index contributed by atoms with van der Waals surface area (Å²) < 4.78 is 4.67. The average Bonchev–Trinajstić information content (AvgIpc) is 2.63. The molecule has 1 aliphatic rings. The predicted octanol–water partition coefficient (Wildman–Crippen LogP) is 3.64. The van der Waals surface area contributed by atoms with Crippen molar-refractivity contribution in [2.45, 2.75) is 51.5 Å². The summed E-state index contributed by atoms with van der Waals surface area (Å²) in [4.78, 5) is 37.6. The smallest absolute Gasteiger partial charge is 0.337 e. The van der Waals surface area contributed by atoms with E-state index in [-0.39, 0.29) is 24.3 Å². The quantitative estimate of drug-likeness (QED) is 0.764. The molecule has 0 aromatic heterocycles. The third-order valence-electron chi connectivity index (χ3n) is 4.66. The third kappa shape index (κ3) is 5.46. The van der Waals surface area contributed by atoms with Crippen LogP contribution in [0.5, 0.6) is 0 Å². The van der Waals surface area contributed by atoms with Gasteiger partial charge in [-0.15, -0.1) is 0 Å². The number of nitrogens with zero attached hydrogens (tertiary/aromatic N) is 1. The van der Waals surface area contributed by atoms with E-state index in [1.165, 1.54) is 31.7 Å². The number of carbonyl (C=O) groups is 3. The summed E-state index contributed by atoms with van der Waals surface area (Å²) in [6.07, 6.45) is 5.61. The topological polar surface area (TPSA) is 75.7 Å². The highest BCUT2D eigenvalue weighted by molar-refractivity contribution is 6.33. The lowest BCUT2D eigenvalue weighted by atomic mass is 9.94. The normalized spacial score (nSPS) is 14.6. The molecule has 2 amide bonds. The monoisotopic (exact) mass is 380 g/mol. The number of carbonyl (C=O) groups excluding carboxylic acids is 3. The Bertz CT molecular complexity index is 672. The molecule has 1 aliphatic carbocycles. The Hall–Kier alpha value is -2.08. The number of benzene rings is 1. The lowest BCUT2D eigenvalue weighted by Gasteiger charge is -2.33. The van der Waals surface area contributed by atoms with Crippen LogP contribution in [0.1, 0.15) is 55.8 Å². The van der Waals surface area contributed by atoms with Crippen molar-refractivity contribution >= 4 is 35.1 Å². The predicted molar refractivity (Wildman–Crippen MR) is 100 cm³/mol. The summed E-state index contributed by atoms with van der Waals surface area (Å²) in [6, 6.07) is 4.77. The van der Waals surface area contributed by atoms with Gasteiger partial charge in [-0.1, -0.05) is 30.9 Å². The molecule has 0 saturated heterocycles. The molecule has 0 heterocycles. The minimum absolute atomic E-state index is 0.00424. The zero-order chi connectivity index (χ0) is 19.1. The fourth-order valence-corrected chi connectivity index (χ4v) is 3.46. The molecule has 0 unspecified atom stereocenters. The van der Waals surface area contributed by atoms with Crippen LogP contribution >= 0.6 is 11.6 Å². The zero-order valence-corrected chi connectivity index (χ0v) is 16.0. The number of halogens is 1. The summed E-state index contributed by atoms with van der Waals surface area (Å²) in [5.74, 6) is -0.761. The Morgan fingerprint density at radius 3 is 2.54 bits per heavy atom. The first-order valence-electron chi connectivity index (χ1n) is 8.87. The molecule has 1 aromatic carbocycles. The van der Waals surface area contributed by atoms with Crippen LogP contribution in [0.25, 0.3) is 0 Å². The van der Waals surface area contributed by atoms with Crippen molar-refractivity contribution in [1.29, 1.82) is 0 Å². The molecule has 26 heavy (non-hydrogen) atoms. The number of hydrogen-bond donors (Lipinski definition) is 1. The molecule has 6 nitrogen and oxygen atoms in total. The number of anilines is 1. The van der Waals surface area contributed by atoms with Crippen molar-refractivity contribution in [3.8, 4) is 0 Å². The van der Waals surface area contributed by atoms with E-state index in [0.29, 0.717) is 22.8 Å². The maximum absolute atomic E-state index is 12.3. The standard InChI is InChI=1S/C19H25ClN2O4/c1-13(23)22(15-6-4-3-5-7-15)11-10-18(24)21-17-12-14(19(25)26-2)8-9-16(17)20/h8-9,12,15H,3-7,10-11H2,1-2H3,(H,21,24). The maximum Gasteiger partial charge on any atom is 0.337 e. The Morgan fingerprint density at radius 2 is 1.92 bits per heavy atom. The number of methoxy groups -OCH3 is 1. The first-order chi connectivity index (χ1) is 12.4. The van der Waals surface area contributed by atoms with Crippen LogP contribution < -0.4 is 5.32 Å². The maximum atomic E-state index is 12.3. The first kappa shape index (κ1) is 20.2. The van der Waals surface area contributed by atoms with E-state index in [1.807, 2.05) is 0 Å². The van der Waals surface area contributed by atoms with Crippen molar-refractivity contribution in [1.82, 2.24) is 4.90 Å². The lowest BCUT2D eigenvalue weighted by molar-refractivity contribution is -0.132. The van der Waals surface area contributed by atoms with E-state index in [9.17, 15) is 14.4 Å². The van der Waals surface area contributed by atoms with Gasteiger partial charge in [-0.05, 0) is 31.0 Å². The molecule has 0 atom stereocenters. The highest BCUT2D eigenvalue weighted by atomic mass is 35.5. The van der Waals surface area contributed by atoms with Crippen LogP contribution in [-0.4, -0.2) is 42.4 Å². The van der Waals surface area contributed by atoms with Crippen LogP contribution in [0, 0.1) is 0 Å². The molecule has 0 radical (unpaired) electrons. The van der Waals surface area contributed by atoms with E-state index in [4.69, 9.17) is 11.6 Å². The van der Waals surface area contributed by atoms with Crippen LogP contribution in [-0.2, 0) is 14.3 Å². The van der Waals surface area contributed by atoms with E-state index >= 15 is 0 Å². The summed E-state index contributed by atoms with van der Waals surface area (Å²) in [5.41, 5.74) is 0.659.